The molecule has 19 heteroatoms. The molecule has 3 saturated heterocycles. The number of hydrogen-bond donors (Lipinski definition) is 12. The number of amides is 1. The second kappa shape index (κ2) is 47.5. The third-order valence-electron chi connectivity index (χ3n) is 16.1. The molecule has 0 saturated carbocycles. The molecule has 17 atom stereocenters. The van der Waals surface area contributed by atoms with Crippen molar-refractivity contribution in [1.29, 1.82) is 0 Å². The van der Waals surface area contributed by atoms with Gasteiger partial charge in [0.25, 0.3) is 0 Å². The van der Waals surface area contributed by atoms with Gasteiger partial charge in [0.15, 0.2) is 18.9 Å². The van der Waals surface area contributed by atoms with Crippen LogP contribution in [0.2, 0.25) is 0 Å². The van der Waals surface area contributed by atoms with Gasteiger partial charge in [0.1, 0.15) is 73.2 Å². The minimum atomic E-state index is -1.98. The Morgan fingerprint density at radius 3 is 1.27 bits per heavy atom. The number of carbonyl (C=O) groups is 1. The topological polar surface area (TPSA) is 307 Å². The van der Waals surface area contributed by atoms with E-state index < -0.39 is 124 Å². The highest BCUT2D eigenvalue weighted by Gasteiger charge is 2.53. The molecular weight excluding hydrogens is 1080 g/mol. The molecule has 0 spiro atoms. The van der Waals surface area contributed by atoms with Crippen molar-refractivity contribution < 1.29 is 89.4 Å². The first kappa shape index (κ1) is 75.7. The summed E-state index contributed by atoms with van der Waals surface area (Å²) in [6.45, 7) is 1.43. The number of ether oxygens (including phenoxy) is 6. The average Bonchev–Trinajstić information content (AvgIpc) is 3.52. The van der Waals surface area contributed by atoms with Crippen molar-refractivity contribution in [2.75, 3.05) is 26.4 Å². The highest BCUT2D eigenvalue weighted by molar-refractivity contribution is 5.76. The second-order valence-electron chi connectivity index (χ2n) is 23.2. The van der Waals surface area contributed by atoms with Gasteiger partial charge in [-0.15, -0.1) is 0 Å². The van der Waals surface area contributed by atoms with Gasteiger partial charge in [-0.3, -0.25) is 4.79 Å². The van der Waals surface area contributed by atoms with E-state index in [2.05, 4.69) is 60.8 Å². The molecule has 3 heterocycles. The lowest BCUT2D eigenvalue weighted by molar-refractivity contribution is -0.379. The summed E-state index contributed by atoms with van der Waals surface area (Å²) in [5.41, 5.74) is 0. The van der Waals surface area contributed by atoms with Gasteiger partial charge in [-0.2, -0.15) is 0 Å². The highest BCUT2D eigenvalue weighted by atomic mass is 16.8. The zero-order valence-corrected chi connectivity index (χ0v) is 51.1. The molecule has 0 aromatic rings. The first-order valence-electron chi connectivity index (χ1n) is 32.5. The Kier molecular flexibility index (Phi) is 42.8. The molecule has 0 aromatic heterocycles. The number of hydrogen-bond acceptors (Lipinski definition) is 18. The molecule has 3 aliphatic rings. The maximum absolute atomic E-state index is 13.2. The van der Waals surface area contributed by atoms with Crippen LogP contribution in [0.3, 0.4) is 0 Å². The number of aliphatic hydroxyl groups is 11. The molecule has 3 aliphatic heterocycles. The van der Waals surface area contributed by atoms with E-state index in [0.717, 1.165) is 57.8 Å². The minimum absolute atomic E-state index is 0.242. The third kappa shape index (κ3) is 30.1. The zero-order valence-electron chi connectivity index (χ0n) is 51.1. The number of aliphatic hydroxyl groups excluding tert-OH is 11. The fourth-order valence-electron chi connectivity index (χ4n) is 10.8. The Morgan fingerprint density at radius 2 is 0.821 bits per heavy atom. The number of carbonyl (C=O) groups excluding carboxylic acids is 1. The number of nitrogens with one attached hydrogen (secondary N) is 1. The third-order valence-corrected chi connectivity index (χ3v) is 16.1. The summed E-state index contributed by atoms with van der Waals surface area (Å²) in [6.07, 6.45) is 30.6. The molecule has 0 aliphatic carbocycles. The van der Waals surface area contributed by atoms with Crippen LogP contribution in [-0.2, 0) is 33.2 Å². The van der Waals surface area contributed by atoms with E-state index in [1.807, 2.05) is 13.0 Å². The van der Waals surface area contributed by atoms with Gasteiger partial charge in [-0.25, -0.2) is 0 Å². The summed E-state index contributed by atoms with van der Waals surface area (Å²) in [7, 11) is 0. The van der Waals surface area contributed by atoms with Gasteiger partial charge in [0, 0.05) is 6.42 Å². The summed E-state index contributed by atoms with van der Waals surface area (Å²) < 4.78 is 34.0. The molecule has 84 heavy (non-hydrogen) atoms. The molecule has 3 fully saturated rings. The Balaban J connectivity index is 1.24. The van der Waals surface area contributed by atoms with E-state index in [-0.39, 0.29) is 18.9 Å². The van der Waals surface area contributed by atoms with Gasteiger partial charge in [0.05, 0.1) is 38.6 Å². The van der Waals surface area contributed by atoms with E-state index in [0.29, 0.717) is 12.8 Å². The van der Waals surface area contributed by atoms with Crippen LogP contribution in [0, 0.1) is 0 Å². The van der Waals surface area contributed by atoms with Gasteiger partial charge in [-0.05, 0) is 51.4 Å². The van der Waals surface area contributed by atoms with Crippen molar-refractivity contribution in [1.82, 2.24) is 5.32 Å². The Bertz CT molecular complexity index is 1770. The van der Waals surface area contributed by atoms with Crippen LogP contribution in [0.4, 0.5) is 0 Å². The van der Waals surface area contributed by atoms with Crippen LogP contribution in [0.1, 0.15) is 213 Å². The zero-order chi connectivity index (χ0) is 61.2. The molecule has 17 unspecified atom stereocenters. The number of rotatable bonds is 48. The summed E-state index contributed by atoms with van der Waals surface area (Å²) in [6, 6.07) is -0.968. The molecule has 0 aromatic carbocycles. The first-order chi connectivity index (χ1) is 40.8. The van der Waals surface area contributed by atoms with Crippen LogP contribution >= 0.6 is 0 Å². The predicted octanol–water partition coefficient (Wildman–Crippen LogP) is 7.21. The summed E-state index contributed by atoms with van der Waals surface area (Å²) in [4.78, 5) is 13.2. The molecule has 3 rings (SSSR count). The molecular formula is C65H115NO18. The van der Waals surface area contributed by atoms with Crippen LogP contribution in [-0.4, -0.2) is 193 Å². The van der Waals surface area contributed by atoms with Crippen molar-refractivity contribution >= 4 is 5.91 Å². The smallest absolute Gasteiger partial charge is 0.220 e. The van der Waals surface area contributed by atoms with E-state index in [4.69, 9.17) is 28.4 Å². The van der Waals surface area contributed by atoms with Crippen molar-refractivity contribution in [3.8, 4) is 0 Å². The summed E-state index contributed by atoms with van der Waals surface area (Å²) in [5, 5.41) is 119. The lowest BCUT2D eigenvalue weighted by Crippen LogP contribution is -2.66. The number of unbranched alkanes of at least 4 members (excludes halogenated alkanes) is 24. The molecule has 19 nitrogen and oxygen atoms in total. The quantitative estimate of drug-likeness (QED) is 0.0211. The largest absolute Gasteiger partial charge is 0.394 e. The summed E-state index contributed by atoms with van der Waals surface area (Å²) >= 11 is 0. The molecule has 0 bridgehead atoms. The highest BCUT2D eigenvalue weighted by Crippen LogP contribution is 2.33. The maximum atomic E-state index is 13.2. The van der Waals surface area contributed by atoms with E-state index in [1.165, 1.54) is 122 Å². The van der Waals surface area contributed by atoms with Crippen LogP contribution < -0.4 is 5.32 Å². The lowest BCUT2D eigenvalue weighted by Gasteiger charge is -2.48. The van der Waals surface area contributed by atoms with Gasteiger partial charge < -0.3 is 89.9 Å². The monoisotopic (exact) mass is 1200 g/mol. The number of allylic oxidation sites excluding steroid dienone is 9. The van der Waals surface area contributed by atoms with Gasteiger partial charge >= 0.3 is 0 Å². The maximum Gasteiger partial charge on any atom is 0.220 e. The van der Waals surface area contributed by atoms with Crippen molar-refractivity contribution in [2.24, 2.45) is 0 Å². The first-order valence-corrected chi connectivity index (χ1v) is 32.5. The Hall–Kier alpha value is -2.51. The van der Waals surface area contributed by atoms with Crippen molar-refractivity contribution in [2.45, 2.75) is 317 Å². The fourth-order valence-corrected chi connectivity index (χ4v) is 10.8. The van der Waals surface area contributed by atoms with Crippen molar-refractivity contribution in [3.05, 3.63) is 60.8 Å². The standard InChI is InChI=1S/C65H115NO18/c1-3-5-7-9-10-11-12-13-14-15-16-17-18-19-20-21-22-23-24-25-26-27-28-29-30-31-32-33-34-35-36-37-38-39-41-43-53(71)66-48(49(70)42-40-8-6-4-2)47-79-63-59(77)56(74)61(51(45-68)81-63)84-65-60(78)57(75)62(52(46-69)82-65)83-64-58(76)55(73)54(72)50(44-67)80-64/h5,7,10-11,13-14,16-17,40,42,48-52,54-65,67-70,72-78H,3-4,6,8-9,12,15,18-39,41,43-47H2,1-2H3,(H,66,71)/b7-5-,11-10-,14-13-,17-16-,42-40+. The fraction of sp³-hybridized carbons (Fsp3) is 0.831. The van der Waals surface area contributed by atoms with E-state index >= 15 is 0 Å². The van der Waals surface area contributed by atoms with Crippen LogP contribution in [0.25, 0.3) is 0 Å². The van der Waals surface area contributed by atoms with Crippen LogP contribution in [0.15, 0.2) is 60.8 Å². The SMILES string of the molecule is CC/C=C\C/C=C\C/C=C\C/C=C\CCCCCCCCCCCCCCCCCCCCCCCCC(=O)NC(COC1OC(CO)C(OC2OC(CO)C(OC3OC(CO)C(O)C(O)C3O)C(O)C2O)C(O)C1O)C(O)/C=C/CCCC. The normalized spacial score (nSPS) is 29.6. The van der Waals surface area contributed by atoms with E-state index in [9.17, 15) is 61.0 Å². The van der Waals surface area contributed by atoms with E-state index in [1.54, 1.807) is 6.08 Å². The van der Waals surface area contributed by atoms with Crippen molar-refractivity contribution in [3.63, 3.8) is 0 Å². The minimum Gasteiger partial charge on any atom is -0.394 e. The molecule has 1 amide bonds. The Morgan fingerprint density at radius 1 is 0.440 bits per heavy atom. The molecule has 12 N–H and O–H groups in total. The van der Waals surface area contributed by atoms with Gasteiger partial charge in [-0.1, -0.05) is 216 Å². The molecule has 0 radical (unpaired) electrons. The summed E-state index contributed by atoms with van der Waals surface area (Å²) in [5.74, 6) is -0.284. The average molecular weight is 1200 g/mol. The molecule has 488 valence electrons. The predicted molar refractivity (Wildman–Crippen MR) is 323 cm³/mol. The Labute approximate surface area is 503 Å². The van der Waals surface area contributed by atoms with Gasteiger partial charge in [0.2, 0.25) is 5.91 Å². The second-order valence-corrected chi connectivity index (χ2v) is 23.2. The lowest BCUT2D eigenvalue weighted by atomic mass is 9.96. The van der Waals surface area contributed by atoms with Crippen LogP contribution in [0.5, 0.6) is 0 Å².